The van der Waals surface area contributed by atoms with Crippen molar-refractivity contribution in [1.82, 2.24) is 0 Å². The lowest BCUT2D eigenvalue weighted by molar-refractivity contribution is -0.141. The summed E-state index contributed by atoms with van der Waals surface area (Å²) in [5.74, 6) is -0.692. The first-order chi connectivity index (χ1) is 13.3. The van der Waals surface area contributed by atoms with Gasteiger partial charge in [-0.1, -0.05) is 59.6 Å². The second-order valence-corrected chi connectivity index (χ2v) is 8.55. The maximum atomic E-state index is 13.4. The van der Waals surface area contributed by atoms with E-state index in [-0.39, 0.29) is 27.2 Å². The standard InChI is InChI=1S/C20H17Cl2NO4S/c1-2-27-19(24)13-23(18-9-5-8-17(21)20(18)22)28(25,26)16-11-10-14-6-3-4-7-15(14)12-16/h3-12H,2,13H2,1H3. The molecule has 8 heteroatoms. The van der Waals surface area contributed by atoms with Crippen LogP contribution in [0.2, 0.25) is 10.0 Å². The van der Waals surface area contributed by atoms with Crippen molar-refractivity contribution >= 4 is 55.7 Å². The van der Waals surface area contributed by atoms with E-state index in [1.165, 1.54) is 12.1 Å². The van der Waals surface area contributed by atoms with Crippen LogP contribution in [0.25, 0.3) is 10.8 Å². The molecule has 0 bridgehead atoms. The van der Waals surface area contributed by atoms with Gasteiger partial charge >= 0.3 is 5.97 Å². The monoisotopic (exact) mass is 437 g/mol. The van der Waals surface area contributed by atoms with Gasteiger partial charge in [0, 0.05) is 0 Å². The molecule has 5 nitrogen and oxygen atoms in total. The molecule has 146 valence electrons. The minimum absolute atomic E-state index is 0.0338. The third-order valence-corrected chi connectivity index (χ3v) is 6.65. The maximum Gasteiger partial charge on any atom is 0.326 e. The number of hydrogen-bond acceptors (Lipinski definition) is 4. The van der Waals surface area contributed by atoms with Crippen LogP contribution < -0.4 is 4.31 Å². The molecule has 0 aromatic heterocycles. The predicted octanol–water partition coefficient (Wildman–Crippen LogP) is 4.91. The molecular formula is C20H17Cl2NO4S. The van der Waals surface area contributed by atoms with Crippen molar-refractivity contribution in [2.75, 3.05) is 17.5 Å². The predicted molar refractivity (Wildman–Crippen MR) is 112 cm³/mol. The van der Waals surface area contributed by atoms with E-state index in [0.717, 1.165) is 15.1 Å². The summed E-state index contributed by atoms with van der Waals surface area (Å²) in [6.07, 6.45) is 0. The van der Waals surface area contributed by atoms with Crippen LogP contribution in [0.15, 0.2) is 65.6 Å². The van der Waals surface area contributed by atoms with Crippen LogP contribution >= 0.6 is 23.2 Å². The average Bonchev–Trinajstić information content (AvgIpc) is 2.68. The molecule has 0 amide bonds. The molecule has 0 fully saturated rings. The zero-order chi connectivity index (χ0) is 20.3. The Labute approximate surface area is 173 Å². The molecule has 0 heterocycles. The lowest BCUT2D eigenvalue weighted by atomic mass is 10.1. The second-order valence-electron chi connectivity index (χ2n) is 5.90. The van der Waals surface area contributed by atoms with Crippen molar-refractivity contribution in [3.63, 3.8) is 0 Å². The van der Waals surface area contributed by atoms with Gasteiger partial charge < -0.3 is 4.74 Å². The Hall–Kier alpha value is -2.28. The number of sulfonamides is 1. The summed E-state index contributed by atoms with van der Waals surface area (Å²) in [4.78, 5) is 12.1. The highest BCUT2D eigenvalue weighted by molar-refractivity contribution is 7.92. The molecule has 0 saturated heterocycles. The van der Waals surface area contributed by atoms with Crippen LogP contribution in [0.4, 0.5) is 5.69 Å². The SMILES string of the molecule is CCOC(=O)CN(c1cccc(Cl)c1Cl)S(=O)(=O)c1ccc2ccccc2c1. The van der Waals surface area contributed by atoms with Gasteiger partial charge in [-0.25, -0.2) is 8.42 Å². The van der Waals surface area contributed by atoms with E-state index in [9.17, 15) is 13.2 Å². The fourth-order valence-corrected chi connectivity index (χ4v) is 4.67. The lowest BCUT2D eigenvalue weighted by Crippen LogP contribution is -2.36. The van der Waals surface area contributed by atoms with Crippen LogP contribution in [0.3, 0.4) is 0 Å². The van der Waals surface area contributed by atoms with Crippen LogP contribution in [-0.4, -0.2) is 27.5 Å². The highest BCUT2D eigenvalue weighted by atomic mass is 35.5. The normalized spacial score (nSPS) is 11.4. The van der Waals surface area contributed by atoms with Gasteiger partial charge in [0.25, 0.3) is 10.0 Å². The fourth-order valence-electron chi connectivity index (χ4n) is 2.76. The van der Waals surface area contributed by atoms with Crippen molar-refractivity contribution in [3.8, 4) is 0 Å². The number of halogens is 2. The van der Waals surface area contributed by atoms with Crippen molar-refractivity contribution in [2.45, 2.75) is 11.8 Å². The molecular weight excluding hydrogens is 421 g/mol. The molecule has 0 unspecified atom stereocenters. The number of carbonyl (C=O) groups excluding carboxylic acids is 1. The number of anilines is 1. The number of ether oxygens (including phenoxy) is 1. The Kier molecular flexibility index (Phi) is 6.13. The molecule has 0 aliphatic heterocycles. The summed E-state index contributed by atoms with van der Waals surface area (Å²) in [7, 11) is -4.11. The van der Waals surface area contributed by atoms with Gasteiger partial charge in [0.05, 0.1) is 27.2 Å². The highest BCUT2D eigenvalue weighted by Gasteiger charge is 2.30. The van der Waals surface area contributed by atoms with Crippen LogP contribution in [0, 0.1) is 0 Å². The van der Waals surface area contributed by atoms with E-state index in [2.05, 4.69) is 0 Å². The molecule has 0 saturated carbocycles. The zero-order valence-corrected chi connectivity index (χ0v) is 17.3. The highest BCUT2D eigenvalue weighted by Crippen LogP contribution is 2.35. The summed E-state index contributed by atoms with van der Waals surface area (Å²) in [5.41, 5.74) is 0.107. The lowest BCUT2D eigenvalue weighted by Gasteiger charge is -2.25. The first kappa shape index (κ1) is 20.5. The van der Waals surface area contributed by atoms with Gasteiger partial charge in [-0.2, -0.15) is 0 Å². The zero-order valence-electron chi connectivity index (χ0n) is 14.9. The number of carbonyl (C=O) groups is 1. The minimum Gasteiger partial charge on any atom is -0.465 e. The summed E-state index contributed by atoms with van der Waals surface area (Å²) in [6.45, 7) is 1.25. The third-order valence-electron chi connectivity index (χ3n) is 4.09. The molecule has 3 aromatic carbocycles. The first-order valence-corrected chi connectivity index (χ1v) is 10.7. The Balaban J connectivity index is 2.13. The van der Waals surface area contributed by atoms with Gasteiger partial charge in [-0.3, -0.25) is 9.10 Å². The molecule has 0 radical (unpaired) electrons. The minimum atomic E-state index is -4.11. The Bertz CT molecular complexity index is 1130. The van der Waals surface area contributed by atoms with Crippen molar-refractivity contribution in [1.29, 1.82) is 0 Å². The van der Waals surface area contributed by atoms with Crippen molar-refractivity contribution < 1.29 is 17.9 Å². The van der Waals surface area contributed by atoms with Crippen LogP contribution in [-0.2, 0) is 19.6 Å². The van der Waals surface area contributed by atoms with E-state index < -0.39 is 22.5 Å². The maximum absolute atomic E-state index is 13.4. The van der Waals surface area contributed by atoms with Gasteiger partial charge in [0.1, 0.15) is 6.54 Å². The van der Waals surface area contributed by atoms with E-state index in [1.807, 2.05) is 24.3 Å². The Morgan fingerprint density at radius 2 is 1.71 bits per heavy atom. The number of hydrogen-bond donors (Lipinski definition) is 0. The van der Waals surface area contributed by atoms with Crippen molar-refractivity contribution in [3.05, 3.63) is 70.7 Å². The summed E-state index contributed by atoms with van der Waals surface area (Å²) in [6, 6.07) is 16.8. The largest absolute Gasteiger partial charge is 0.465 e. The van der Waals surface area contributed by atoms with E-state index in [1.54, 1.807) is 31.2 Å². The average molecular weight is 438 g/mol. The second kappa shape index (κ2) is 8.39. The number of nitrogens with zero attached hydrogens (tertiary/aromatic N) is 1. The van der Waals surface area contributed by atoms with Crippen LogP contribution in [0.5, 0.6) is 0 Å². The van der Waals surface area contributed by atoms with Gasteiger partial charge in [-0.05, 0) is 42.0 Å². The quantitative estimate of drug-likeness (QED) is 0.514. The van der Waals surface area contributed by atoms with E-state index in [0.29, 0.717) is 0 Å². The topological polar surface area (TPSA) is 63.7 Å². The van der Waals surface area contributed by atoms with Gasteiger partial charge in [0.15, 0.2) is 0 Å². The molecule has 0 N–H and O–H groups in total. The summed E-state index contributed by atoms with van der Waals surface area (Å²) in [5, 5.41) is 1.88. The third kappa shape index (κ3) is 4.09. The summed E-state index contributed by atoms with van der Waals surface area (Å²) < 4.78 is 32.7. The molecule has 3 aromatic rings. The number of fused-ring (bicyclic) bond motifs is 1. The molecule has 0 atom stereocenters. The Morgan fingerprint density at radius 3 is 2.43 bits per heavy atom. The van der Waals surface area contributed by atoms with Crippen molar-refractivity contribution in [2.24, 2.45) is 0 Å². The van der Waals surface area contributed by atoms with E-state index in [4.69, 9.17) is 27.9 Å². The Morgan fingerprint density at radius 1 is 1.00 bits per heavy atom. The molecule has 3 rings (SSSR count). The number of benzene rings is 3. The fraction of sp³-hybridized carbons (Fsp3) is 0.150. The van der Waals surface area contributed by atoms with Crippen LogP contribution in [0.1, 0.15) is 6.92 Å². The first-order valence-electron chi connectivity index (χ1n) is 8.45. The van der Waals surface area contributed by atoms with Gasteiger partial charge in [0.2, 0.25) is 0 Å². The van der Waals surface area contributed by atoms with Gasteiger partial charge in [-0.15, -0.1) is 0 Å². The smallest absolute Gasteiger partial charge is 0.326 e. The molecule has 0 spiro atoms. The molecule has 0 aliphatic rings. The summed E-state index contributed by atoms with van der Waals surface area (Å²) >= 11 is 12.3. The van der Waals surface area contributed by atoms with E-state index >= 15 is 0 Å². The number of rotatable bonds is 6. The molecule has 28 heavy (non-hydrogen) atoms. The number of esters is 1. The molecule has 0 aliphatic carbocycles.